The molecule has 0 saturated heterocycles. The summed E-state index contributed by atoms with van der Waals surface area (Å²) in [6.45, 7) is -2.26. The minimum atomic E-state index is -4.49. The van der Waals surface area contributed by atoms with Gasteiger partial charge in [-0.25, -0.2) is 27.2 Å². The minimum Gasteiger partial charge on any atom is -0.484 e. The normalized spacial score (nSPS) is 25.0. The van der Waals surface area contributed by atoms with Crippen LogP contribution in [0.5, 0.6) is 5.75 Å². The lowest BCUT2D eigenvalue weighted by Crippen LogP contribution is -2.76. The Hall–Kier alpha value is -3.15. The molecule has 2 aromatic carbocycles. The maximum Gasteiger partial charge on any atom is 0.422 e. The summed E-state index contributed by atoms with van der Waals surface area (Å²) in [5.74, 6) is -6.14. The van der Waals surface area contributed by atoms with Gasteiger partial charge in [-0.1, -0.05) is 12.1 Å². The molecule has 192 valence electrons. The second-order valence-electron chi connectivity index (χ2n) is 9.67. The van der Waals surface area contributed by atoms with Gasteiger partial charge in [0.15, 0.2) is 12.2 Å². The molecule has 0 spiro atoms. The van der Waals surface area contributed by atoms with Crippen molar-refractivity contribution in [2.24, 2.45) is 5.41 Å². The van der Waals surface area contributed by atoms with Gasteiger partial charge in [0, 0.05) is 17.0 Å². The van der Waals surface area contributed by atoms with Gasteiger partial charge in [-0.2, -0.15) is 18.3 Å². The minimum absolute atomic E-state index is 0.00305. The number of aliphatic hydroxyl groups is 1. The van der Waals surface area contributed by atoms with Crippen molar-refractivity contribution in [1.82, 2.24) is 14.8 Å². The zero-order valence-electron chi connectivity index (χ0n) is 18.6. The van der Waals surface area contributed by atoms with Crippen LogP contribution in [-0.2, 0) is 17.6 Å². The first kappa shape index (κ1) is 24.5. The summed E-state index contributed by atoms with van der Waals surface area (Å²) < 4.78 is 103. The van der Waals surface area contributed by atoms with Crippen molar-refractivity contribution in [2.45, 2.75) is 48.9 Å². The van der Waals surface area contributed by atoms with Gasteiger partial charge in [0.1, 0.15) is 30.0 Å². The van der Waals surface area contributed by atoms with Crippen molar-refractivity contribution in [3.8, 4) is 5.75 Å². The highest BCUT2D eigenvalue weighted by molar-refractivity contribution is 5.44. The summed E-state index contributed by atoms with van der Waals surface area (Å²) in [7, 11) is 0. The third-order valence-corrected chi connectivity index (χ3v) is 7.32. The van der Waals surface area contributed by atoms with Crippen LogP contribution >= 0.6 is 0 Å². The lowest BCUT2D eigenvalue weighted by atomic mass is 9.30. The number of hydrogen-bond donors (Lipinski definition) is 1. The van der Waals surface area contributed by atoms with Gasteiger partial charge < -0.3 is 9.84 Å². The van der Waals surface area contributed by atoms with Crippen LogP contribution in [0.15, 0.2) is 55.1 Å². The molecule has 3 aliphatic rings. The van der Waals surface area contributed by atoms with E-state index < -0.39 is 58.9 Å². The van der Waals surface area contributed by atoms with Crippen molar-refractivity contribution in [2.75, 3.05) is 6.61 Å². The Labute approximate surface area is 200 Å². The molecule has 1 aromatic heterocycles. The largest absolute Gasteiger partial charge is 0.484 e. The number of ether oxygens (including phenoxy) is 1. The van der Waals surface area contributed by atoms with E-state index in [1.807, 2.05) is 0 Å². The van der Waals surface area contributed by atoms with E-state index in [0.717, 1.165) is 29.5 Å². The first-order chi connectivity index (χ1) is 16.8. The van der Waals surface area contributed by atoms with E-state index in [1.54, 1.807) is 0 Å². The number of alkyl halides is 5. The Kier molecular flexibility index (Phi) is 5.40. The highest BCUT2D eigenvalue weighted by Crippen LogP contribution is 2.80. The molecule has 1 atom stereocenters. The van der Waals surface area contributed by atoms with Crippen LogP contribution in [0.1, 0.15) is 30.4 Å². The Bertz CT molecular complexity index is 1240. The zero-order valence-corrected chi connectivity index (χ0v) is 18.6. The van der Waals surface area contributed by atoms with Crippen molar-refractivity contribution in [1.29, 1.82) is 0 Å². The lowest BCUT2D eigenvalue weighted by molar-refractivity contribution is -0.347. The summed E-state index contributed by atoms with van der Waals surface area (Å²) in [6, 6.07) is 7.80. The Morgan fingerprint density at radius 2 is 1.64 bits per heavy atom. The van der Waals surface area contributed by atoms with Gasteiger partial charge in [0.05, 0.1) is 6.54 Å². The molecule has 12 heteroatoms. The quantitative estimate of drug-likeness (QED) is 0.422. The fraction of sp³-hybridized carbons (Fsp3) is 0.417. The maximum atomic E-state index is 16.2. The fourth-order valence-corrected chi connectivity index (χ4v) is 5.66. The van der Waals surface area contributed by atoms with Crippen molar-refractivity contribution in [3.63, 3.8) is 0 Å². The predicted molar refractivity (Wildman–Crippen MR) is 111 cm³/mol. The molecule has 5 nitrogen and oxygen atoms in total. The maximum absolute atomic E-state index is 16.2. The molecule has 0 unspecified atom stereocenters. The molecule has 3 fully saturated rings. The van der Waals surface area contributed by atoms with Gasteiger partial charge in [-0.05, 0) is 54.5 Å². The first-order valence-corrected chi connectivity index (χ1v) is 11.0. The number of aromatic nitrogens is 3. The van der Waals surface area contributed by atoms with Crippen LogP contribution in [0.25, 0.3) is 0 Å². The predicted octanol–water partition coefficient (Wildman–Crippen LogP) is 5.14. The third kappa shape index (κ3) is 3.73. The Morgan fingerprint density at radius 3 is 2.19 bits per heavy atom. The van der Waals surface area contributed by atoms with Crippen molar-refractivity contribution >= 4 is 0 Å². The van der Waals surface area contributed by atoms with Crippen molar-refractivity contribution in [3.05, 3.63) is 77.9 Å². The van der Waals surface area contributed by atoms with E-state index in [-0.39, 0.29) is 25.0 Å². The average Bonchev–Trinajstić information content (AvgIpc) is 3.23. The SMILES string of the molecule is O[C@](Cn1cncn1)(c1ccc(F)cc1F)C(F)(F)C12CC(c3ccc(OCC(F)(F)F)cc3)(C1)C2. The van der Waals surface area contributed by atoms with E-state index in [0.29, 0.717) is 11.6 Å². The van der Waals surface area contributed by atoms with Gasteiger partial charge in [-0.15, -0.1) is 0 Å². The zero-order chi connectivity index (χ0) is 26.0. The topological polar surface area (TPSA) is 60.2 Å². The summed E-state index contributed by atoms with van der Waals surface area (Å²) in [4.78, 5) is 3.68. The molecule has 3 aliphatic carbocycles. The average molecular weight is 515 g/mol. The second-order valence-corrected chi connectivity index (χ2v) is 9.67. The van der Waals surface area contributed by atoms with Crippen LogP contribution in [0.4, 0.5) is 30.7 Å². The molecule has 1 N–H and O–H groups in total. The molecule has 6 rings (SSSR count). The second kappa shape index (κ2) is 7.92. The molecule has 2 bridgehead atoms. The molecule has 0 amide bonds. The number of rotatable bonds is 8. The van der Waals surface area contributed by atoms with E-state index in [4.69, 9.17) is 0 Å². The number of hydrogen-bond acceptors (Lipinski definition) is 4. The highest BCUT2D eigenvalue weighted by Gasteiger charge is 2.82. The first-order valence-electron chi connectivity index (χ1n) is 11.0. The molecule has 0 radical (unpaired) electrons. The number of nitrogens with zero attached hydrogens (tertiary/aromatic N) is 3. The van der Waals surface area contributed by atoms with E-state index >= 15 is 8.78 Å². The van der Waals surface area contributed by atoms with E-state index in [2.05, 4.69) is 14.8 Å². The Balaban J connectivity index is 1.39. The van der Waals surface area contributed by atoms with Gasteiger partial charge in [0.2, 0.25) is 0 Å². The van der Waals surface area contributed by atoms with Gasteiger partial charge in [0.25, 0.3) is 5.92 Å². The molecule has 0 aliphatic heterocycles. The van der Waals surface area contributed by atoms with Crippen LogP contribution in [0.3, 0.4) is 0 Å². The number of benzene rings is 2. The summed E-state index contributed by atoms with van der Waals surface area (Å²) >= 11 is 0. The summed E-state index contributed by atoms with van der Waals surface area (Å²) in [5.41, 5.74) is -5.45. The van der Waals surface area contributed by atoms with Crippen LogP contribution in [0, 0.1) is 17.0 Å². The lowest BCUT2D eigenvalue weighted by Gasteiger charge is -2.74. The Morgan fingerprint density at radius 1 is 0.972 bits per heavy atom. The third-order valence-electron chi connectivity index (χ3n) is 7.32. The standard InChI is InChI=1S/C24H20F7N3O2/c25-16-3-6-18(19(26)7-16)22(35,11-34-14-32-13-33-34)24(30,31)21-8-20(9-21,10-21)15-1-4-17(5-2-15)36-12-23(27,28)29/h1-7,13-14,35H,8-12H2/t20?,21?,22-/m1/s1. The monoisotopic (exact) mass is 515 g/mol. The van der Waals surface area contributed by atoms with E-state index in [1.165, 1.54) is 24.3 Å². The van der Waals surface area contributed by atoms with Crippen molar-refractivity contribution < 1.29 is 40.6 Å². The van der Waals surface area contributed by atoms with Gasteiger partial charge in [-0.3, -0.25) is 0 Å². The molecular weight excluding hydrogens is 495 g/mol. The van der Waals surface area contributed by atoms with Crippen LogP contribution in [-0.4, -0.2) is 38.6 Å². The molecule has 1 heterocycles. The molecular formula is C24H20F7N3O2. The molecule has 36 heavy (non-hydrogen) atoms. The smallest absolute Gasteiger partial charge is 0.422 e. The number of halogens is 7. The van der Waals surface area contributed by atoms with E-state index in [9.17, 15) is 27.1 Å². The summed E-state index contributed by atoms with van der Waals surface area (Å²) in [5, 5.41) is 15.1. The van der Waals surface area contributed by atoms with Crippen LogP contribution < -0.4 is 4.74 Å². The summed E-state index contributed by atoms with van der Waals surface area (Å²) in [6.07, 6.45) is -2.39. The van der Waals surface area contributed by atoms with Gasteiger partial charge >= 0.3 is 6.18 Å². The molecule has 3 saturated carbocycles. The fourth-order valence-electron chi connectivity index (χ4n) is 5.66. The van der Waals surface area contributed by atoms with Crippen LogP contribution in [0.2, 0.25) is 0 Å². The molecule has 3 aromatic rings. The highest BCUT2D eigenvalue weighted by atomic mass is 19.4.